The van der Waals surface area contributed by atoms with Crippen LogP contribution < -0.4 is 5.69 Å². The number of unbranched alkanes of at least 4 members (excludes halogenated alkanes) is 1. The third-order valence-corrected chi connectivity index (χ3v) is 6.13. The van der Waals surface area contributed by atoms with Gasteiger partial charge in [-0.05, 0) is 46.4 Å². The van der Waals surface area contributed by atoms with Crippen LogP contribution in [0.1, 0.15) is 61.3 Å². The van der Waals surface area contributed by atoms with E-state index in [1.807, 2.05) is 43.3 Å². The van der Waals surface area contributed by atoms with Crippen LogP contribution in [-0.4, -0.2) is 35.7 Å². The van der Waals surface area contributed by atoms with Gasteiger partial charge in [0.2, 0.25) is 5.91 Å². The number of hydrogen-bond donors (Lipinski definition) is 1. The topological polar surface area (TPSA) is 98.5 Å². The zero-order chi connectivity index (χ0) is 26.6. The van der Waals surface area contributed by atoms with Crippen LogP contribution in [0.2, 0.25) is 0 Å². The largest absolute Gasteiger partial charge is 0.433 e. The van der Waals surface area contributed by atoms with Crippen molar-refractivity contribution in [2.24, 2.45) is 0 Å². The Morgan fingerprint density at radius 2 is 1.70 bits per heavy atom. The number of rotatable bonds is 9. The van der Waals surface area contributed by atoms with Crippen molar-refractivity contribution in [2.45, 2.75) is 58.7 Å². The van der Waals surface area contributed by atoms with Gasteiger partial charge in [-0.2, -0.15) is 13.2 Å². The molecule has 0 atom stereocenters. The number of H-pyrrole nitrogens is 1. The highest BCUT2D eigenvalue weighted by Gasteiger charge is 2.42. The van der Waals surface area contributed by atoms with Crippen molar-refractivity contribution in [1.82, 2.24) is 29.8 Å². The summed E-state index contributed by atoms with van der Waals surface area (Å²) >= 11 is 0. The van der Waals surface area contributed by atoms with E-state index in [4.69, 9.17) is 0 Å². The van der Waals surface area contributed by atoms with Crippen LogP contribution in [0.5, 0.6) is 0 Å². The summed E-state index contributed by atoms with van der Waals surface area (Å²) in [5, 5.41) is 14.0. The van der Waals surface area contributed by atoms with Crippen LogP contribution in [0.3, 0.4) is 0 Å². The van der Waals surface area contributed by atoms with Crippen molar-refractivity contribution in [3.05, 3.63) is 76.0 Å². The number of hydrogen-bond acceptors (Lipinski definition) is 5. The fourth-order valence-electron chi connectivity index (χ4n) is 4.38. The number of nitrogens with one attached hydrogen (secondary N) is 1. The Morgan fingerprint density at radius 1 is 1.00 bits per heavy atom. The Labute approximate surface area is 211 Å². The lowest BCUT2D eigenvalue weighted by molar-refractivity contribution is -0.143. The molecule has 2 aromatic heterocycles. The summed E-state index contributed by atoms with van der Waals surface area (Å²) in [7, 11) is 0. The molecule has 8 nitrogen and oxygen atoms in total. The van der Waals surface area contributed by atoms with Gasteiger partial charge in [-0.25, -0.2) is 14.5 Å². The first kappa shape index (κ1) is 26.1. The van der Waals surface area contributed by atoms with E-state index in [-0.39, 0.29) is 25.1 Å². The van der Waals surface area contributed by atoms with E-state index in [9.17, 15) is 22.8 Å². The molecule has 2 aromatic carbocycles. The number of aromatic nitrogens is 6. The SMILES string of the molecule is CCCCc1c(C(F)(F)F)n(C(=O)CCC)c(=O)n1Cc1ccc(-c2ccccc2-c2nnn[nH]2)cc1. The van der Waals surface area contributed by atoms with Crippen LogP contribution in [0, 0.1) is 0 Å². The minimum Gasteiger partial charge on any atom is -0.291 e. The molecule has 0 aliphatic heterocycles. The number of carbonyl (C=O) groups excluding carboxylic acids is 1. The van der Waals surface area contributed by atoms with Crippen LogP contribution in [0.4, 0.5) is 13.2 Å². The van der Waals surface area contributed by atoms with E-state index < -0.39 is 23.5 Å². The average molecular weight is 513 g/mol. The number of tetrazole rings is 1. The molecule has 11 heteroatoms. The van der Waals surface area contributed by atoms with Gasteiger partial charge in [0.1, 0.15) is 0 Å². The first-order valence-electron chi connectivity index (χ1n) is 12.1. The van der Waals surface area contributed by atoms with Gasteiger partial charge in [-0.15, -0.1) is 5.10 Å². The molecular weight excluding hydrogens is 485 g/mol. The van der Waals surface area contributed by atoms with Gasteiger partial charge in [-0.3, -0.25) is 9.36 Å². The molecule has 0 saturated carbocycles. The lowest BCUT2D eigenvalue weighted by atomic mass is 9.98. The van der Waals surface area contributed by atoms with Gasteiger partial charge in [0.05, 0.1) is 12.2 Å². The van der Waals surface area contributed by atoms with Gasteiger partial charge in [-0.1, -0.05) is 68.8 Å². The summed E-state index contributed by atoms with van der Waals surface area (Å²) in [6.07, 6.45) is -3.49. The summed E-state index contributed by atoms with van der Waals surface area (Å²) < 4.78 is 43.8. The van der Waals surface area contributed by atoms with E-state index in [0.717, 1.165) is 21.3 Å². The highest BCUT2D eigenvalue weighted by Crippen LogP contribution is 2.34. The molecule has 4 rings (SSSR count). The predicted octanol–water partition coefficient (Wildman–Crippen LogP) is 5.35. The number of halogens is 3. The van der Waals surface area contributed by atoms with Crippen molar-refractivity contribution >= 4 is 5.91 Å². The van der Waals surface area contributed by atoms with E-state index in [1.165, 1.54) is 0 Å². The second-order valence-corrected chi connectivity index (χ2v) is 8.74. The molecule has 0 spiro atoms. The Bertz CT molecular complexity index is 1420. The summed E-state index contributed by atoms with van der Waals surface area (Å²) in [6, 6.07) is 14.7. The van der Waals surface area contributed by atoms with E-state index in [1.54, 1.807) is 19.1 Å². The summed E-state index contributed by atoms with van der Waals surface area (Å²) in [5.41, 5.74) is 0.872. The quantitative estimate of drug-likeness (QED) is 0.326. The maximum absolute atomic E-state index is 14.1. The fourth-order valence-corrected chi connectivity index (χ4v) is 4.38. The molecule has 37 heavy (non-hydrogen) atoms. The normalized spacial score (nSPS) is 11.7. The highest BCUT2D eigenvalue weighted by atomic mass is 19.4. The molecule has 0 amide bonds. The van der Waals surface area contributed by atoms with Crippen LogP contribution in [-0.2, 0) is 19.1 Å². The molecule has 0 fully saturated rings. The van der Waals surface area contributed by atoms with Crippen molar-refractivity contribution in [1.29, 1.82) is 0 Å². The summed E-state index contributed by atoms with van der Waals surface area (Å²) in [5.74, 6) is -0.338. The van der Waals surface area contributed by atoms with Gasteiger partial charge < -0.3 is 0 Å². The fraction of sp³-hybridized carbons (Fsp3) is 0.346. The first-order chi connectivity index (χ1) is 17.8. The Balaban J connectivity index is 1.74. The second kappa shape index (κ2) is 10.9. The predicted molar refractivity (Wildman–Crippen MR) is 132 cm³/mol. The van der Waals surface area contributed by atoms with Crippen LogP contribution in [0.15, 0.2) is 53.3 Å². The molecule has 1 N–H and O–H groups in total. The lowest BCUT2D eigenvalue weighted by Gasteiger charge is -2.13. The van der Waals surface area contributed by atoms with Crippen LogP contribution >= 0.6 is 0 Å². The van der Waals surface area contributed by atoms with E-state index >= 15 is 0 Å². The van der Waals surface area contributed by atoms with E-state index in [0.29, 0.717) is 35.2 Å². The van der Waals surface area contributed by atoms with Gasteiger partial charge in [0, 0.05) is 12.0 Å². The number of nitrogens with zero attached hydrogens (tertiary/aromatic N) is 5. The van der Waals surface area contributed by atoms with Gasteiger partial charge in [0.25, 0.3) is 0 Å². The Kier molecular flexibility index (Phi) is 7.70. The summed E-state index contributed by atoms with van der Waals surface area (Å²) in [4.78, 5) is 25.8. The van der Waals surface area contributed by atoms with Crippen molar-refractivity contribution in [3.63, 3.8) is 0 Å². The monoisotopic (exact) mass is 512 g/mol. The first-order valence-corrected chi connectivity index (χ1v) is 12.1. The zero-order valence-electron chi connectivity index (χ0n) is 20.5. The molecule has 194 valence electrons. The van der Waals surface area contributed by atoms with Crippen molar-refractivity contribution in [2.75, 3.05) is 0 Å². The lowest BCUT2D eigenvalue weighted by Crippen LogP contribution is -2.32. The van der Waals surface area contributed by atoms with Crippen molar-refractivity contribution in [3.8, 4) is 22.5 Å². The Morgan fingerprint density at radius 3 is 2.30 bits per heavy atom. The molecule has 0 radical (unpaired) electrons. The molecular formula is C26H27F3N6O2. The third kappa shape index (κ3) is 5.40. The van der Waals surface area contributed by atoms with Gasteiger partial charge in [0.15, 0.2) is 11.5 Å². The highest BCUT2D eigenvalue weighted by molar-refractivity contribution is 5.81. The standard InChI is InChI=1S/C26H27F3N6O2/c1-3-5-11-21-23(26(27,28)29)35(22(36)8-4-2)25(37)34(21)16-17-12-14-18(15-13-17)19-9-6-7-10-20(19)24-30-32-33-31-24/h6-7,9-10,12-15H,3-5,8,11,16H2,1-2H3,(H,30,31,32,33). The van der Waals surface area contributed by atoms with Gasteiger partial charge >= 0.3 is 11.9 Å². The molecule has 0 aliphatic carbocycles. The molecule has 0 aliphatic rings. The number of benzene rings is 2. The molecule has 0 saturated heterocycles. The molecule has 0 unspecified atom stereocenters. The van der Waals surface area contributed by atoms with Crippen LogP contribution in [0.25, 0.3) is 22.5 Å². The minimum absolute atomic E-state index is 0.0453. The maximum atomic E-state index is 14.1. The number of imidazole rings is 1. The molecule has 2 heterocycles. The molecule has 4 aromatic rings. The Hall–Kier alpha value is -4.02. The second-order valence-electron chi connectivity index (χ2n) is 8.74. The zero-order valence-corrected chi connectivity index (χ0v) is 20.5. The number of aromatic amines is 1. The number of carbonyl (C=O) groups is 1. The summed E-state index contributed by atoms with van der Waals surface area (Å²) in [6.45, 7) is 3.46. The number of alkyl halides is 3. The third-order valence-electron chi connectivity index (χ3n) is 6.13. The maximum Gasteiger partial charge on any atom is 0.433 e. The van der Waals surface area contributed by atoms with Crippen molar-refractivity contribution < 1.29 is 18.0 Å². The smallest absolute Gasteiger partial charge is 0.291 e. The molecule has 0 bridgehead atoms. The average Bonchev–Trinajstić information content (AvgIpc) is 3.50. The minimum atomic E-state index is -4.83. The van der Waals surface area contributed by atoms with E-state index in [2.05, 4.69) is 20.6 Å².